The van der Waals surface area contributed by atoms with Gasteiger partial charge >= 0.3 is 0 Å². The minimum absolute atomic E-state index is 0.374. The van der Waals surface area contributed by atoms with Crippen molar-refractivity contribution in [2.45, 2.75) is 47.5 Å². The third-order valence-electron chi connectivity index (χ3n) is 4.87. The number of rotatable bonds is 8. The molecule has 0 atom stereocenters. The molecule has 0 saturated carbocycles. The first-order valence-electron chi connectivity index (χ1n) is 11.5. The van der Waals surface area contributed by atoms with Crippen molar-refractivity contribution in [1.82, 2.24) is 9.97 Å². The van der Waals surface area contributed by atoms with Gasteiger partial charge in [0.25, 0.3) is 0 Å². The van der Waals surface area contributed by atoms with Crippen molar-refractivity contribution in [3.05, 3.63) is 39.6 Å². The van der Waals surface area contributed by atoms with Gasteiger partial charge in [-0.2, -0.15) is 0 Å². The van der Waals surface area contributed by atoms with Gasteiger partial charge < -0.3 is 14.4 Å². The molecule has 186 valence electrons. The van der Waals surface area contributed by atoms with Crippen LogP contribution in [0.15, 0.2) is 24.4 Å². The average Bonchev–Trinajstić information content (AvgIpc) is 2.79. The summed E-state index contributed by atoms with van der Waals surface area (Å²) in [5.41, 5.74) is 1.17. The average molecular weight is 527 g/mol. The summed E-state index contributed by atoms with van der Waals surface area (Å²) < 4.78 is 10.9. The van der Waals surface area contributed by atoms with Gasteiger partial charge in [-0.05, 0) is 24.5 Å². The van der Waals surface area contributed by atoms with Crippen molar-refractivity contribution in [2.75, 3.05) is 32.2 Å². The second-order valence-electron chi connectivity index (χ2n) is 8.39. The first-order valence-corrected chi connectivity index (χ1v) is 12.7. The molecule has 34 heavy (non-hydrogen) atoms. The summed E-state index contributed by atoms with van der Waals surface area (Å²) in [6.07, 6.45) is 3.97. The monoisotopic (exact) mass is 525 g/mol. The fraction of sp³-hybridized carbons (Fsp3) is 0.462. The van der Waals surface area contributed by atoms with E-state index in [2.05, 4.69) is 44.5 Å². The maximum Gasteiger partial charge on any atom is 0.141 e. The molecule has 0 amide bonds. The van der Waals surface area contributed by atoms with Crippen LogP contribution in [0.25, 0.3) is 22.0 Å². The number of hydrogen-bond donors (Lipinski definition) is 0. The highest BCUT2D eigenvalue weighted by Crippen LogP contribution is 2.46. The summed E-state index contributed by atoms with van der Waals surface area (Å²) in [6, 6.07) is 5.43. The number of ether oxygens (including phenoxy) is 2. The molecular weight excluding hydrogens is 493 g/mol. The Bertz CT molecular complexity index is 1080. The Morgan fingerprint density at radius 2 is 1.53 bits per heavy atom. The van der Waals surface area contributed by atoms with E-state index in [1.165, 1.54) is 6.42 Å². The smallest absolute Gasteiger partial charge is 0.141 e. The molecule has 5 nitrogen and oxygen atoms in total. The molecule has 3 aromatic rings. The zero-order valence-electron chi connectivity index (χ0n) is 21.0. The first kappa shape index (κ1) is 28.3. The van der Waals surface area contributed by atoms with Crippen molar-refractivity contribution in [1.29, 1.82) is 0 Å². The van der Waals surface area contributed by atoms with Crippen LogP contribution in [-0.4, -0.2) is 37.3 Å². The number of fused-ring (bicyclic) bond motifs is 1. The summed E-state index contributed by atoms with van der Waals surface area (Å²) in [5.74, 6) is 2.20. The summed E-state index contributed by atoms with van der Waals surface area (Å²) in [6.45, 7) is 12.5. The van der Waals surface area contributed by atoms with E-state index in [4.69, 9.17) is 49.3 Å². The lowest BCUT2D eigenvalue weighted by Crippen LogP contribution is -2.29. The van der Waals surface area contributed by atoms with Gasteiger partial charge in [0, 0.05) is 41.7 Å². The molecule has 0 fully saturated rings. The number of aromatic nitrogens is 2. The summed E-state index contributed by atoms with van der Waals surface area (Å²) in [4.78, 5) is 11.6. The Balaban J connectivity index is 0.00000129. The van der Waals surface area contributed by atoms with Crippen molar-refractivity contribution in [2.24, 2.45) is 5.92 Å². The highest BCUT2D eigenvalue weighted by Gasteiger charge is 2.22. The summed E-state index contributed by atoms with van der Waals surface area (Å²) >= 11 is 19.6. The molecule has 8 heteroatoms. The van der Waals surface area contributed by atoms with Crippen LogP contribution < -0.4 is 14.4 Å². The molecular formula is C26H34Cl3N3O2. The van der Waals surface area contributed by atoms with E-state index in [1.807, 2.05) is 12.1 Å². The normalized spacial score (nSPS) is 10.8. The van der Waals surface area contributed by atoms with Crippen LogP contribution in [0.4, 0.5) is 5.82 Å². The molecule has 3 rings (SSSR count). The predicted octanol–water partition coefficient (Wildman–Crippen LogP) is 8.56. The molecule has 2 aromatic heterocycles. The van der Waals surface area contributed by atoms with Gasteiger partial charge in [0.15, 0.2) is 0 Å². The minimum Gasteiger partial charge on any atom is -0.495 e. The molecule has 0 bridgehead atoms. The molecule has 0 aliphatic rings. The lowest BCUT2D eigenvalue weighted by Gasteiger charge is -2.27. The van der Waals surface area contributed by atoms with E-state index in [9.17, 15) is 0 Å². The second kappa shape index (κ2) is 13.2. The number of nitrogens with zero attached hydrogens (tertiary/aromatic N) is 3. The van der Waals surface area contributed by atoms with E-state index in [1.54, 1.807) is 26.5 Å². The number of halogens is 3. The molecule has 0 aliphatic heterocycles. The highest BCUT2D eigenvalue weighted by atomic mass is 35.5. The third-order valence-corrected chi connectivity index (χ3v) is 5.83. The van der Waals surface area contributed by atoms with E-state index in [-0.39, 0.29) is 0 Å². The predicted molar refractivity (Wildman–Crippen MR) is 146 cm³/mol. The highest BCUT2D eigenvalue weighted by molar-refractivity contribution is 6.41. The van der Waals surface area contributed by atoms with Crippen LogP contribution in [0.3, 0.4) is 0 Å². The largest absolute Gasteiger partial charge is 0.495 e. The Morgan fingerprint density at radius 1 is 0.941 bits per heavy atom. The van der Waals surface area contributed by atoms with Crippen molar-refractivity contribution in [3.8, 4) is 22.8 Å². The van der Waals surface area contributed by atoms with Crippen LogP contribution in [0, 0.1) is 5.92 Å². The third kappa shape index (κ3) is 6.59. The molecule has 0 N–H and O–H groups in total. The van der Waals surface area contributed by atoms with E-state index in [0.29, 0.717) is 43.9 Å². The van der Waals surface area contributed by atoms with E-state index in [0.717, 1.165) is 36.1 Å². The van der Waals surface area contributed by atoms with Crippen LogP contribution in [0.5, 0.6) is 11.5 Å². The molecule has 0 saturated heterocycles. The fourth-order valence-electron chi connectivity index (χ4n) is 3.58. The molecule has 0 unspecified atom stereocenters. The van der Waals surface area contributed by atoms with E-state index >= 15 is 0 Å². The van der Waals surface area contributed by atoms with Gasteiger partial charge in [-0.3, -0.25) is 0 Å². The quantitative estimate of drug-likeness (QED) is 0.275. The van der Waals surface area contributed by atoms with Crippen LogP contribution in [0.2, 0.25) is 15.2 Å². The van der Waals surface area contributed by atoms with Crippen LogP contribution in [0.1, 0.15) is 47.5 Å². The van der Waals surface area contributed by atoms with Crippen molar-refractivity contribution < 1.29 is 9.47 Å². The number of methoxy groups -OCH3 is 2. The molecule has 2 heterocycles. The standard InChI is InChI=1S/C23H26Cl3N3O2.C3H8/c1-6-7-29(12-13(2)3)23-15-9-19(24)27-11-14(15)8-16(28-23)20-21(25)17(30-4)10-18(31-5)22(20)26;1-3-2/h8-11,13H,6-7,12H2,1-5H3;3H2,1-2H3. The van der Waals surface area contributed by atoms with Crippen molar-refractivity contribution >= 4 is 51.4 Å². The SMILES string of the molecule is CCC.CCCN(CC(C)C)c1nc(-c2c(Cl)c(OC)cc(OC)c2Cl)cc2cnc(Cl)cc12. The van der Waals surface area contributed by atoms with Gasteiger partial charge in [0.1, 0.15) is 22.5 Å². The Morgan fingerprint density at radius 3 is 2.03 bits per heavy atom. The topological polar surface area (TPSA) is 47.5 Å². The lowest BCUT2D eigenvalue weighted by atomic mass is 10.1. The maximum atomic E-state index is 6.68. The minimum atomic E-state index is 0.374. The maximum absolute atomic E-state index is 6.68. The molecule has 0 radical (unpaired) electrons. The lowest BCUT2D eigenvalue weighted by molar-refractivity contribution is 0.395. The molecule has 0 aliphatic carbocycles. The zero-order valence-corrected chi connectivity index (χ0v) is 23.3. The number of benzene rings is 1. The van der Waals surface area contributed by atoms with Gasteiger partial charge in [-0.25, -0.2) is 9.97 Å². The zero-order chi connectivity index (χ0) is 25.4. The van der Waals surface area contributed by atoms with Crippen molar-refractivity contribution in [3.63, 3.8) is 0 Å². The number of anilines is 1. The number of pyridine rings is 2. The number of hydrogen-bond acceptors (Lipinski definition) is 5. The van der Waals surface area contributed by atoms with E-state index < -0.39 is 0 Å². The fourth-order valence-corrected chi connectivity index (χ4v) is 4.43. The Kier molecular flexibility index (Phi) is 11.0. The Labute approximate surface area is 218 Å². The molecule has 1 aromatic carbocycles. The van der Waals surface area contributed by atoms with Gasteiger partial charge in [0.2, 0.25) is 0 Å². The van der Waals surface area contributed by atoms with Gasteiger partial charge in [0.05, 0.1) is 30.0 Å². The van der Waals surface area contributed by atoms with Gasteiger partial charge in [-0.1, -0.05) is 75.8 Å². The Hall–Kier alpha value is -1.95. The summed E-state index contributed by atoms with van der Waals surface area (Å²) in [7, 11) is 3.10. The van der Waals surface area contributed by atoms with Gasteiger partial charge in [-0.15, -0.1) is 0 Å². The summed E-state index contributed by atoms with van der Waals surface area (Å²) in [5, 5.41) is 2.99. The second-order valence-corrected chi connectivity index (χ2v) is 9.53. The van der Waals surface area contributed by atoms with Crippen LogP contribution in [-0.2, 0) is 0 Å². The molecule has 0 spiro atoms. The first-order chi connectivity index (χ1) is 16.2. The van der Waals surface area contributed by atoms with Crippen LogP contribution >= 0.6 is 34.8 Å².